The maximum absolute atomic E-state index is 13.3. The van der Waals surface area contributed by atoms with Gasteiger partial charge in [-0.2, -0.15) is 0 Å². The summed E-state index contributed by atoms with van der Waals surface area (Å²) < 4.78 is 13.3. The van der Waals surface area contributed by atoms with Gasteiger partial charge in [-0.15, -0.1) is 0 Å². The maximum atomic E-state index is 13.3. The topological polar surface area (TPSA) is 40.5 Å². The minimum absolute atomic E-state index is 0.0529. The van der Waals surface area contributed by atoms with Gasteiger partial charge in [-0.05, 0) is 32.4 Å². The molecule has 0 aliphatic carbocycles. The van der Waals surface area contributed by atoms with Crippen LogP contribution in [-0.4, -0.2) is 28.1 Å². The lowest BCUT2D eigenvalue weighted by molar-refractivity contribution is -0.139. The van der Waals surface area contributed by atoms with Crippen LogP contribution in [0, 0.1) is 5.82 Å². The van der Waals surface area contributed by atoms with Crippen LogP contribution in [0.4, 0.5) is 4.39 Å². The van der Waals surface area contributed by atoms with E-state index in [4.69, 9.17) is 16.7 Å². The molecule has 1 aromatic rings. The first kappa shape index (κ1) is 14.9. The Morgan fingerprint density at radius 1 is 1.44 bits per heavy atom. The van der Waals surface area contributed by atoms with Crippen molar-refractivity contribution in [1.82, 2.24) is 4.90 Å². The van der Waals surface area contributed by atoms with Crippen molar-refractivity contribution in [1.29, 1.82) is 0 Å². The Hall–Kier alpha value is -1.13. The van der Waals surface area contributed by atoms with Gasteiger partial charge in [-0.25, -0.2) is 4.39 Å². The Morgan fingerprint density at radius 2 is 2.06 bits per heavy atom. The molecule has 0 aliphatic rings. The summed E-state index contributed by atoms with van der Waals surface area (Å²) in [6.07, 6.45) is 0. The molecule has 0 bridgehead atoms. The predicted molar refractivity (Wildman–Crippen MR) is 69.2 cm³/mol. The standard InChI is InChI=1S/C13H17ClFNO2/c1-13(2,3)16(8-11(17)18)7-9-5-4-6-10(15)12(9)14/h4-6H,7-8H2,1-3H3,(H,17,18). The lowest BCUT2D eigenvalue weighted by Crippen LogP contribution is -2.43. The minimum atomic E-state index is -0.919. The highest BCUT2D eigenvalue weighted by Crippen LogP contribution is 2.24. The van der Waals surface area contributed by atoms with Crippen molar-refractivity contribution >= 4 is 17.6 Å². The lowest BCUT2D eigenvalue weighted by Gasteiger charge is -2.34. The van der Waals surface area contributed by atoms with E-state index in [0.717, 1.165) is 0 Å². The van der Waals surface area contributed by atoms with Crippen molar-refractivity contribution in [3.63, 3.8) is 0 Å². The molecule has 0 unspecified atom stereocenters. The molecule has 3 nitrogen and oxygen atoms in total. The Balaban J connectivity index is 2.96. The molecule has 1 N–H and O–H groups in total. The quantitative estimate of drug-likeness (QED) is 0.916. The van der Waals surface area contributed by atoms with Crippen molar-refractivity contribution in [3.8, 4) is 0 Å². The maximum Gasteiger partial charge on any atom is 0.317 e. The molecule has 0 spiro atoms. The van der Waals surface area contributed by atoms with Gasteiger partial charge in [0.2, 0.25) is 0 Å². The van der Waals surface area contributed by atoms with Gasteiger partial charge in [0.15, 0.2) is 0 Å². The van der Waals surface area contributed by atoms with E-state index in [1.807, 2.05) is 20.8 Å². The summed E-state index contributed by atoms with van der Waals surface area (Å²) in [5.74, 6) is -1.41. The van der Waals surface area contributed by atoms with Crippen molar-refractivity contribution in [2.45, 2.75) is 32.9 Å². The first-order valence-corrected chi connectivity index (χ1v) is 5.99. The van der Waals surface area contributed by atoms with E-state index in [1.165, 1.54) is 6.07 Å². The number of rotatable bonds is 4. The molecule has 0 aliphatic heterocycles. The molecule has 0 aromatic heterocycles. The highest BCUT2D eigenvalue weighted by molar-refractivity contribution is 6.31. The molecule has 5 heteroatoms. The largest absolute Gasteiger partial charge is 0.480 e. The third-order valence-corrected chi connectivity index (χ3v) is 3.09. The zero-order valence-electron chi connectivity index (χ0n) is 10.7. The van der Waals surface area contributed by atoms with Gasteiger partial charge in [-0.3, -0.25) is 9.69 Å². The van der Waals surface area contributed by atoms with Gasteiger partial charge in [0.05, 0.1) is 11.6 Å². The second-order valence-corrected chi connectivity index (χ2v) is 5.51. The first-order chi connectivity index (χ1) is 8.21. The summed E-state index contributed by atoms with van der Waals surface area (Å²) in [5, 5.41) is 8.95. The molecule has 0 radical (unpaired) electrons. The van der Waals surface area contributed by atoms with Crippen LogP contribution in [0.5, 0.6) is 0 Å². The Labute approximate surface area is 111 Å². The van der Waals surface area contributed by atoms with Crippen molar-refractivity contribution in [3.05, 3.63) is 34.6 Å². The molecular formula is C13H17ClFNO2. The van der Waals surface area contributed by atoms with E-state index in [-0.39, 0.29) is 17.1 Å². The number of nitrogens with zero attached hydrogens (tertiary/aromatic N) is 1. The number of benzene rings is 1. The molecule has 0 saturated heterocycles. The number of aliphatic carboxylic acids is 1. The minimum Gasteiger partial charge on any atom is -0.480 e. The molecule has 18 heavy (non-hydrogen) atoms. The molecule has 1 aromatic carbocycles. The van der Waals surface area contributed by atoms with E-state index in [0.29, 0.717) is 12.1 Å². The summed E-state index contributed by atoms with van der Waals surface area (Å²) in [6, 6.07) is 4.55. The average molecular weight is 274 g/mol. The normalized spacial score (nSPS) is 11.9. The fourth-order valence-electron chi connectivity index (χ4n) is 1.57. The van der Waals surface area contributed by atoms with Crippen molar-refractivity contribution in [2.24, 2.45) is 0 Å². The van der Waals surface area contributed by atoms with Gasteiger partial charge in [0.1, 0.15) is 5.82 Å². The Morgan fingerprint density at radius 3 is 2.56 bits per heavy atom. The number of hydrogen-bond acceptors (Lipinski definition) is 2. The lowest BCUT2D eigenvalue weighted by atomic mass is 10.0. The highest BCUT2D eigenvalue weighted by atomic mass is 35.5. The van der Waals surface area contributed by atoms with Crippen molar-refractivity contribution < 1.29 is 14.3 Å². The van der Waals surface area contributed by atoms with Crippen LogP contribution in [0.25, 0.3) is 0 Å². The van der Waals surface area contributed by atoms with E-state index < -0.39 is 11.8 Å². The smallest absolute Gasteiger partial charge is 0.317 e. The molecular weight excluding hydrogens is 257 g/mol. The second kappa shape index (κ2) is 5.67. The first-order valence-electron chi connectivity index (χ1n) is 5.61. The molecule has 0 heterocycles. The van der Waals surface area contributed by atoms with Crippen LogP contribution >= 0.6 is 11.6 Å². The second-order valence-electron chi connectivity index (χ2n) is 5.13. The molecule has 1 rings (SSSR count). The highest BCUT2D eigenvalue weighted by Gasteiger charge is 2.24. The van der Waals surface area contributed by atoms with Gasteiger partial charge < -0.3 is 5.11 Å². The van der Waals surface area contributed by atoms with Gasteiger partial charge in [-0.1, -0.05) is 23.7 Å². The fraction of sp³-hybridized carbons (Fsp3) is 0.462. The van der Waals surface area contributed by atoms with Crippen LogP contribution in [-0.2, 0) is 11.3 Å². The SMILES string of the molecule is CC(C)(C)N(CC(=O)O)Cc1cccc(F)c1Cl. The predicted octanol–water partition coefficient (Wildman–Crippen LogP) is 3.16. The molecule has 0 atom stereocenters. The van der Waals surface area contributed by atoms with E-state index in [1.54, 1.807) is 17.0 Å². The molecule has 0 amide bonds. The van der Waals surface area contributed by atoms with E-state index >= 15 is 0 Å². The average Bonchev–Trinajstić information content (AvgIpc) is 2.21. The summed E-state index contributed by atoms with van der Waals surface area (Å²) in [7, 11) is 0. The number of hydrogen-bond donors (Lipinski definition) is 1. The third kappa shape index (κ3) is 3.96. The van der Waals surface area contributed by atoms with Gasteiger partial charge in [0, 0.05) is 12.1 Å². The van der Waals surface area contributed by atoms with Gasteiger partial charge >= 0.3 is 5.97 Å². The molecule has 0 fully saturated rings. The van der Waals surface area contributed by atoms with E-state index in [9.17, 15) is 9.18 Å². The number of carboxylic acid groups (broad SMARTS) is 1. The monoisotopic (exact) mass is 273 g/mol. The van der Waals surface area contributed by atoms with Gasteiger partial charge in [0.25, 0.3) is 0 Å². The third-order valence-electron chi connectivity index (χ3n) is 2.67. The summed E-state index contributed by atoms with van der Waals surface area (Å²) >= 11 is 5.87. The summed E-state index contributed by atoms with van der Waals surface area (Å²) in [5.41, 5.74) is 0.251. The van der Waals surface area contributed by atoms with Crippen molar-refractivity contribution in [2.75, 3.05) is 6.54 Å². The van der Waals surface area contributed by atoms with E-state index in [2.05, 4.69) is 0 Å². The van der Waals surface area contributed by atoms with Crippen LogP contribution < -0.4 is 0 Å². The number of carboxylic acids is 1. The van der Waals surface area contributed by atoms with Crippen LogP contribution in [0.2, 0.25) is 5.02 Å². The summed E-state index contributed by atoms with van der Waals surface area (Å²) in [6.45, 7) is 5.90. The fourth-order valence-corrected chi connectivity index (χ4v) is 1.76. The molecule has 100 valence electrons. The zero-order chi connectivity index (χ0) is 13.9. The Bertz CT molecular complexity index is 443. The molecule has 0 saturated carbocycles. The summed E-state index contributed by atoms with van der Waals surface area (Å²) in [4.78, 5) is 12.6. The Kier molecular flexibility index (Phi) is 4.71. The zero-order valence-corrected chi connectivity index (χ0v) is 11.5. The van der Waals surface area contributed by atoms with Crippen LogP contribution in [0.1, 0.15) is 26.3 Å². The van der Waals surface area contributed by atoms with Crippen LogP contribution in [0.15, 0.2) is 18.2 Å². The number of halogens is 2. The number of carbonyl (C=O) groups is 1. The van der Waals surface area contributed by atoms with Crippen LogP contribution in [0.3, 0.4) is 0 Å².